The summed E-state index contributed by atoms with van der Waals surface area (Å²) in [4.78, 5) is 32.0. The van der Waals surface area contributed by atoms with Gasteiger partial charge in [-0.15, -0.1) is 0 Å². The van der Waals surface area contributed by atoms with Crippen molar-refractivity contribution in [1.82, 2.24) is 15.1 Å². The van der Waals surface area contributed by atoms with Crippen molar-refractivity contribution >= 4 is 17.5 Å². The van der Waals surface area contributed by atoms with Crippen LogP contribution < -0.4 is 15.0 Å². The van der Waals surface area contributed by atoms with E-state index >= 15 is 0 Å². The summed E-state index contributed by atoms with van der Waals surface area (Å²) in [7, 11) is 0. The Labute approximate surface area is 198 Å². The summed E-state index contributed by atoms with van der Waals surface area (Å²) in [6, 6.07) is 8.41. The zero-order chi connectivity index (χ0) is 23.0. The van der Waals surface area contributed by atoms with Gasteiger partial charge in [0, 0.05) is 51.6 Å². The number of nitrogens with zero attached hydrogens (tertiary/aromatic N) is 3. The Bertz CT molecular complexity index is 787. The van der Waals surface area contributed by atoms with E-state index in [0.717, 1.165) is 43.5 Å². The number of benzene rings is 1. The summed E-state index contributed by atoms with van der Waals surface area (Å²) >= 11 is 0. The van der Waals surface area contributed by atoms with Crippen LogP contribution >= 0.6 is 0 Å². The lowest BCUT2D eigenvalue weighted by Crippen LogP contribution is -2.51. The molecule has 1 aliphatic carbocycles. The first-order valence-corrected chi connectivity index (χ1v) is 12.9. The SMILES string of the molecule is C[C@H]1CN(C(=O)CCC(=O)NCCCN2CCN(C3CCCCC3)CC2)c2ccccc2O1. The molecule has 1 saturated heterocycles. The van der Waals surface area contributed by atoms with Crippen LogP contribution in [0.15, 0.2) is 24.3 Å². The summed E-state index contributed by atoms with van der Waals surface area (Å²) in [5.41, 5.74) is 0.796. The molecule has 2 aliphatic heterocycles. The Morgan fingerprint density at radius 3 is 2.58 bits per heavy atom. The third-order valence-corrected chi connectivity index (χ3v) is 7.26. The van der Waals surface area contributed by atoms with Crippen molar-refractivity contribution in [1.29, 1.82) is 0 Å². The molecule has 7 nitrogen and oxygen atoms in total. The van der Waals surface area contributed by atoms with Gasteiger partial charge in [-0.2, -0.15) is 0 Å². The largest absolute Gasteiger partial charge is 0.487 e. The van der Waals surface area contributed by atoms with Crippen LogP contribution in [0.2, 0.25) is 0 Å². The van der Waals surface area contributed by atoms with Crippen molar-refractivity contribution < 1.29 is 14.3 Å². The van der Waals surface area contributed by atoms with Gasteiger partial charge in [-0.3, -0.25) is 14.5 Å². The zero-order valence-corrected chi connectivity index (χ0v) is 20.1. The summed E-state index contributed by atoms with van der Waals surface area (Å²) in [6.07, 6.45) is 8.32. The van der Waals surface area contributed by atoms with Crippen LogP contribution in [-0.4, -0.2) is 79.6 Å². The van der Waals surface area contributed by atoms with Crippen molar-refractivity contribution in [2.24, 2.45) is 0 Å². The maximum atomic E-state index is 12.8. The first kappa shape index (κ1) is 24.0. The van der Waals surface area contributed by atoms with Gasteiger partial charge in [0.15, 0.2) is 0 Å². The third kappa shape index (κ3) is 6.70. The van der Waals surface area contributed by atoms with E-state index in [4.69, 9.17) is 4.74 Å². The minimum atomic E-state index is -0.0535. The number of para-hydroxylation sites is 2. The van der Waals surface area contributed by atoms with E-state index in [0.29, 0.717) is 13.1 Å². The van der Waals surface area contributed by atoms with Crippen LogP contribution in [0.5, 0.6) is 5.75 Å². The van der Waals surface area contributed by atoms with Crippen LogP contribution in [0.3, 0.4) is 0 Å². The molecule has 2 fully saturated rings. The number of hydrogen-bond acceptors (Lipinski definition) is 5. The second-order valence-corrected chi connectivity index (χ2v) is 9.77. The molecule has 2 heterocycles. The van der Waals surface area contributed by atoms with E-state index in [-0.39, 0.29) is 30.8 Å². The van der Waals surface area contributed by atoms with Gasteiger partial charge < -0.3 is 19.9 Å². The predicted octanol–water partition coefficient (Wildman–Crippen LogP) is 3.04. The molecule has 0 spiro atoms. The Hall–Kier alpha value is -2.12. The molecule has 0 unspecified atom stereocenters. The highest BCUT2D eigenvalue weighted by atomic mass is 16.5. The molecule has 1 aromatic rings. The monoisotopic (exact) mass is 456 g/mol. The van der Waals surface area contributed by atoms with Crippen LogP contribution in [-0.2, 0) is 9.59 Å². The molecule has 4 rings (SSSR count). The molecular weight excluding hydrogens is 416 g/mol. The second-order valence-electron chi connectivity index (χ2n) is 9.77. The van der Waals surface area contributed by atoms with Crippen molar-refractivity contribution in [2.45, 2.75) is 70.4 Å². The summed E-state index contributed by atoms with van der Waals surface area (Å²) in [5.74, 6) is 0.664. The smallest absolute Gasteiger partial charge is 0.227 e. The number of anilines is 1. The molecular formula is C26H40N4O3. The highest BCUT2D eigenvalue weighted by molar-refractivity contribution is 5.97. The molecule has 0 bridgehead atoms. The van der Waals surface area contributed by atoms with E-state index in [1.807, 2.05) is 31.2 Å². The molecule has 1 saturated carbocycles. The molecule has 0 radical (unpaired) electrons. The fourth-order valence-electron chi connectivity index (χ4n) is 5.40. The minimum Gasteiger partial charge on any atom is -0.487 e. The maximum Gasteiger partial charge on any atom is 0.227 e. The second kappa shape index (κ2) is 11.8. The average Bonchev–Trinajstić information content (AvgIpc) is 2.85. The number of ether oxygens (including phenoxy) is 1. The van der Waals surface area contributed by atoms with Crippen LogP contribution in [0, 0.1) is 0 Å². The lowest BCUT2D eigenvalue weighted by atomic mass is 9.94. The molecule has 182 valence electrons. The summed E-state index contributed by atoms with van der Waals surface area (Å²) < 4.78 is 5.81. The predicted molar refractivity (Wildman–Crippen MR) is 131 cm³/mol. The molecule has 1 N–H and O–H groups in total. The first-order chi connectivity index (χ1) is 16.1. The highest BCUT2D eigenvalue weighted by Crippen LogP contribution is 2.33. The Kier molecular flexibility index (Phi) is 8.62. The molecule has 1 aromatic carbocycles. The Morgan fingerprint density at radius 2 is 1.79 bits per heavy atom. The fourth-order valence-corrected chi connectivity index (χ4v) is 5.40. The molecule has 0 aromatic heterocycles. The topological polar surface area (TPSA) is 65.1 Å². The van der Waals surface area contributed by atoms with E-state index in [1.54, 1.807) is 4.90 Å². The number of carbonyl (C=O) groups excluding carboxylic acids is 2. The van der Waals surface area contributed by atoms with Gasteiger partial charge in [-0.25, -0.2) is 0 Å². The van der Waals surface area contributed by atoms with E-state index in [9.17, 15) is 9.59 Å². The standard InChI is InChI=1S/C26H40N4O3/c1-21-20-30(23-10-5-6-11-24(23)33-21)26(32)13-12-25(31)27-14-7-15-28-16-18-29(19-17-28)22-8-3-2-4-9-22/h5-6,10-11,21-22H,2-4,7-9,12-20H2,1H3,(H,27,31)/t21-/m0/s1. The molecule has 33 heavy (non-hydrogen) atoms. The van der Waals surface area contributed by atoms with Gasteiger partial charge >= 0.3 is 0 Å². The average molecular weight is 457 g/mol. The summed E-state index contributed by atoms with van der Waals surface area (Å²) in [5, 5.41) is 3.00. The van der Waals surface area contributed by atoms with Crippen LogP contribution in [0.25, 0.3) is 0 Å². The highest BCUT2D eigenvalue weighted by Gasteiger charge is 2.27. The maximum absolute atomic E-state index is 12.8. The number of carbonyl (C=O) groups is 2. The van der Waals surface area contributed by atoms with Gasteiger partial charge in [0.1, 0.15) is 11.9 Å². The van der Waals surface area contributed by atoms with Crippen molar-refractivity contribution in [2.75, 3.05) is 50.7 Å². The number of rotatable bonds is 8. The third-order valence-electron chi connectivity index (χ3n) is 7.26. The van der Waals surface area contributed by atoms with Crippen molar-refractivity contribution in [3.8, 4) is 5.75 Å². The van der Waals surface area contributed by atoms with Crippen LogP contribution in [0.1, 0.15) is 58.3 Å². The number of fused-ring (bicyclic) bond motifs is 1. The number of amides is 2. The summed E-state index contributed by atoms with van der Waals surface area (Å²) in [6.45, 7) is 8.82. The fraction of sp³-hybridized carbons (Fsp3) is 0.692. The molecule has 3 aliphatic rings. The van der Waals surface area contributed by atoms with Gasteiger partial charge in [-0.1, -0.05) is 31.4 Å². The van der Waals surface area contributed by atoms with E-state index < -0.39 is 0 Å². The van der Waals surface area contributed by atoms with Crippen molar-refractivity contribution in [3.63, 3.8) is 0 Å². The lowest BCUT2D eigenvalue weighted by molar-refractivity contribution is -0.125. The van der Waals surface area contributed by atoms with Gasteiger partial charge in [0.2, 0.25) is 11.8 Å². The molecule has 2 amide bonds. The molecule has 1 atom stereocenters. The number of nitrogens with one attached hydrogen (secondary N) is 1. The van der Waals surface area contributed by atoms with Gasteiger partial charge in [0.25, 0.3) is 0 Å². The quantitative estimate of drug-likeness (QED) is 0.609. The first-order valence-electron chi connectivity index (χ1n) is 12.9. The van der Waals surface area contributed by atoms with E-state index in [1.165, 1.54) is 45.2 Å². The van der Waals surface area contributed by atoms with Gasteiger partial charge in [0.05, 0.1) is 12.2 Å². The normalized spacial score (nSPS) is 22.5. The van der Waals surface area contributed by atoms with Gasteiger partial charge in [-0.05, 0) is 44.9 Å². The Morgan fingerprint density at radius 1 is 1.03 bits per heavy atom. The number of piperazine rings is 1. The Balaban J connectivity index is 1.10. The number of hydrogen-bond donors (Lipinski definition) is 1. The van der Waals surface area contributed by atoms with Crippen LogP contribution in [0.4, 0.5) is 5.69 Å². The minimum absolute atomic E-state index is 0.0245. The lowest BCUT2D eigenvalue weighted by Gasteiger charge is -2.40. The zero-order valence-electron chi connectivity index (χ0n) is 20.1. The molecule has 7 heteroatoms. The van der Waals surface area contributed by atoms with Crippen molar-refractivity contribution in [3.05, 3.63) is 24.3 Å². The van der Waals surface area contributed by atoms with E-state index in [2.05, 4.69) is 15.1 Å².